The molecule has 0 bridgehead atoms. The van der Waals surface area contributed by atoms with E-state index in [0.717, 1.165) is 37.1 Å². The normalized spacial score (nSPS) is 15.9. The first-order chi connectivity index (χ1) is 10.2. The van der Waals surface area contributed by atoms with Gasteiger partial charge in [-0.05, 0) is 44.7 Å². The molecule has 1 aromatic rings. The van der Waals surface area contributed by atoms with Gasteiger partial charge in [0.05, 0.1) is 11.0 Å². The highest BCUT2D eigenvalue weighted by atomic mass is 16.6. The van der Waals surface area contributed by atoms with Crippen molar-refractivity contribution in [3.8, 4) is 5.75 Å². The van der Waals surface area contributed by atoms with E-state index in [-0.39, 0.29) is 16.7 Å². The Morgan fingerprint density at radius 2 is 2.10 bits per heavy atom. The summed E-state index contributed by atoms with van der Waals surface area (Å²) in [5, 5.41) is 14.2. The third-order valence-corrected chi connectivity index (χ3v) is 3.84. The SMILES string of the molecule is CCCNCc1cc([N+](=O)[O-])ccc1OC1CCCCC1. The quantitative estimate of drug-likeness (QED) is 0.471. The Labute approximate surface area is 125 Å². The summed E-state index contributed by atoms with van der Waals surface area (Å²) >= 11 is 0. The van der Waals surface area contributed by atoms with E-state index < -0.39 is 0 Å². The number of benzene rings is 1. The molecule has 1 aliphatic rings. The monoisotopic (exact) mass is 292 g/mol. The highest BCUT2D eigenvalue weighted by Crippen LogP contribution is 2.28. The average Bonchev–Trinajstić information content (AvgIpc) is 2.50. The van der Waals surface area contributed by atoms with Gasteiger partial charge in [0.2, 0.25) is 0 Å². The highest BCUT2D eigenvalue weighted by molar-refractivity contribution is 5.44. The largest absolute Gasteiger partial charge is 0.490 e. The van der Waals surface area contributed by atoms with Crippen molar-refractivity contribution in [3.05, 3.63) is 33.9 Å². The van der Waals surface area contributed by atoms with Crippen LogP contribution in [0.1, 0.15) is 51.0 Å². The molecule has 5 nitrogen and oxygen atoms in total. The molecule has 1 N–H and O–H groups in total. The first-order valence-electron chi connectivity index (χ1n) is 7.85. The van der Waals surface area contributed by atoms with Gasteiger partial charge in [-0.3, -0.25) is 10.1 Å². The summed E-state index contributed by atoms with van der Waals surface area (Å²) in [4.78, 5) is 10.6. The summed E-state index contributed by atoms with van der Waals surface area (Å²) < 4.78 is 6.09. The third-order valence-electron chi connectivity index (χ3n) is 3.84. The second kappa shape index (κ2) is 7.98. The average molecular weight is 292 g/mol. The molecule has 0 amide bonds. The van der Waals surface area contributed by atoms with E-state index in [0.29, 0.717) is 6.54 Å². The molecule has 0 saturated heterocycles. The first kappa shape index (κ1) is 15.8. The van der Waals surface area contributed by atoms with Gasteiger partial charge in [-0.15, -0.1) is 0 Å². The van der Waals surface area contributed by atoms with Crippen LogP contribution in [0.3, 0.4) is 0 Å². The summed E-state index contributed by atoms with van der Waals surface area (Å²) in [5.41, 5.74) is 1.00. The molecule has 1 aliphatic carbocycles. The number of hydrogen-bond donors (Lipinski definition) is 1. The van der Waals surface area contributed by atoms with E-state index in [1.54, 1.807) is 12.1 Å². The predicted molar refractivity (Wildman–Crippen MR) is 82.6 cm³/mol. The number of nitro benzene ring substituents is 1. The molecule has 0 aliphatic heterocycles. The Morgan fingerprint density at radius 3 is 2.76 bits per heavy atom. The summed E-state index contributed by atoms with van der Waals surface area (Å²) in [6.07, 6.45) is 7.16. The van der Waals surface area contributed by atoms with Crippen molar-refractivity contribution in [1.29, 1.82) is 0 Å². The van der Waals surface area contributed by atoms with Crippen LogP contribution in [-0.2, 0) is 6.54 Å². The Bertz CT molecular complexity index is 471. The standard InChI is InChI=1S/C16H24N2O3/c1-2-10-17-12-13-11-14(18(19)20)8-9-16(13)21-15-6-4-3-5-7-15/h8-9,11,15,17H,2-7,10,12H2,1H3. The van der Waals surface area contributed by atoms with Crippen molar-refractivity contribution in [2.24, 2.45) is 0 Å². The molecule has 1 fully saturated rings. The van der Waals surface area contributed by atoms with E-state index in [1.165, 1.54) is 25.3 Å². The zero-order valence-corrected chi connectivity index (χ0v) is 12.6. The molecule has 0 heterocycles. The van der Waals surface area contributed by atoms with Crippen LogP contribution in [0, 0.1) is 10.1 Å². The lowest BCUT2D eigenvalue weighted by molar-refractivity contribution is -0.384. The number of nitrogens with zero attached hydrogens (tertiary/aromatic N) is 1. The smallest absolute Gasteiger partial charge is 0.270 e. The molecule has 0 spiro atoms. The number of nitrogens with one attached hydrogen (secondary N) is 1. The van der Waals surface area contributed by atoms with Crippen LogP contribution in [0.5, 0.6) is 5.75 Å². The van der Waals surface area contributed by atoms with Crippen molar-refractivity contribution in [2.75, 3.05) is 6.54 Å². The fraction of sp³-hybridized carbons (Fsp3) is 0.625. The Hall–Kier alpha value is -1.62. The van der Waals surface area contributed by atoms with Gasteiger partial charge in [0.15, 0.2) is 0 Å². The molecule has 5 heteroatoms. The maximum absolute atomic E-state index is 10.9. The summed E-state index contributed by atoms with van der Waals surface area (Å²) in [6.45, 7) is 3.60. The van der Waals surface area contributed by atoms with E-state index in [1.807, 2.05) is 0 Å². The Balaban J connectivity index is 2.10. The van der Waals surface area contributed by atoms with Gasteiger partial charge >= 0.3 is 0 Å². The third kappa shape index (κ3) is 4.70. The molecule has 0 atom stereocenters. The van der Waals surface area contributed by atoms with Gasteiger partial charge in [0, 0.05) is 24.2 Å². The van der Waals surface area contributed by atoms with Gasteiger partial charge in [-0.25, -0.2) is 0 Å². The van der Waals surface area contributed by atoms with Crippen molar-refractivity contribution < 1.29 is 9.66 Å². The Kier molecular flexibility index (Phi) is 5.99. The second-order valence-electron chi connectivity index (χ2n) is 5.60. The molecule has 2 rings (SSSR count). The highest BCUT2D eigenvalue weighted by Gasteiger charge is 2.18. The van der Waals surface area contributed by atoms with E-state index >= 15 is 0 Å². The maximum Gasteiger partial charge on any atom is 0.270 e. The molecule has 0 aromatic heterocycles. The molecule has 0 radical (unpaired) electrons. The number of rotatable bonds is 7. The lowest BCUT2D eigenvalue weighted by atomic mass is 9.97. The molecule has 1 aromatic carbocycles. The van der Waals surface area contributed by atoms with Crippen molar-refractivity contribution in [3.63, 3.8) is 0 Å². The number of hydrogen-bond acceptors (Lipinski definition) is 4. The summed E-state index contributed by atoms with van der Waals surface area (Å²) in [7, 11) is 0. The summed E-state index contributed by atoms with van der Waals surface area (Å²) in [6, 6.07) is 4.90. The van der Waals surface area contributed by atoms with Crippen LogP contribution in [0.25, 0.3) is 0 Å². The lowest BCUT2D eigenvalue weighted by Gasteiger charge is -2.24. The van der Waals surface area contributed by atoms with Crippen molar-refractivity contribution in [2.45, 2.75) is 58.1 Å². The number of non-ortho nitro benzene ring substituents is 1. The minimum absolute atomic E-state index is 0.124. The van der Waals surface area contributed by atoms with Crippen LogP contribution >= 0.6 is 0 Å². The van der Waals surface area contributed by atoms with Crippen molar-refractivity contribution in [1.82, 2.24) is 5.32 Å². The minimum atomic E-state index is -0.353. The Morgan fingerprint density at radius 1 is 1.33 bits per heavy atom. The van der Waals surface area contributed by atoms with Crippen LogP contribution in [0.2, 0.25) is 0 Å². The summed E-state index contributed by atoms with van der Waals surface area (Å²) in [5.74, 6) is 0.788. The van der Waals surface area contributed by atoms with Crippen LogP contribution < -0.4 is 10.1 Å². The van der Waals surface area contributed by atoms with E-state index in [2.05, 4.69) is 12.2 Å². The lowest BCUT2D eigenvalue weighted by Crippen LogP contribution is -2.21. The first-order valence-corrected chi connectivity index (χ1v) is 7.85. The van der Waals surface area contributed by atoms with Crippen molar-refractivity contribution >= 4 is 5.69 Å². The van der Waals surface area contributed by atoms with E-state index in [4.69, 9.17) is 4.74 Å². The molecule has 1 saturated carbocycles. The van der Waals surface area contributed by atoms with Gasteiger partial charge in [-0.2, -0.15) is 0 Å². The number of ether oxygens (including phenoxy) is 1. The molecule has 0 unspecified atom stereocenters. The second-order valence-corrected chi connectivity index (χ2v) is 5.60. The van der Waals surface area contributed by atoms with Crippen LogP contribution in [0.4, 0.5) is 5.69 Å². The zero-order chi connectivity index (χ0) is 15.1. The van der Waals surface area contributed by atoms with Crippen LogP contribution in [0.15, 0.2) is 18.2 Å². The molecule has 116 valence electrons. The van der Waals surface area contributed by atoms with Crippen LogP contribution in [-0.4, -0.2) is 17.6 Å². The predicted octanol–water partition coefficient (Wildman–Crippen LogP) is 3.81. The fourth-order valence-electron chi connectivity index (χ4n) is 2.69. The molecule has 21 heavy (non-hydrogen) atoms. The fourth-order valence-corrected chi connectivity index (χ4v) is 2.69. The molecular formula is C16H24N2O3. The maximum atomic E-state index is 10.9. The molecular weight excluding hydrogens is 268 g/mol. The van der Waals surface area contributed by atoms with Gasteiger partial charge < -0.3 is 10.1 Å². The van der Waals surface area contributed by atoms with E-state index in [9.17, 15) is 10.1 Å². The number of nitro groups is 1. The topological polar surface area (TPSA) is 64.4 Å². The van der Waals surface area contributed by atoms with Gasteiger partial charge in [0.25, 0.3) is 5.69 Å². The minimum Gasteiger partial charge on any atom is -0.490 e. The zero-order valence-electron chi connectivity index (χ0n) is 12.6. The van der Waals surface area contributed by atoms with Gasteiger partial charge in [-0.1, -0.05) is 13.3 Å². The van der Waals surface area contributed by atoms with Gasteiger partial charge in [0.1, 0.15) is 5.75 Å².